The smallest absolute Gasteiger partial charge is 0.416 e. The number of carbonyl (C=O) groups is 2. The van der Waals surface area contributed by atoms with Crippen molar-refractivity contribution in [2.75, 3.05) is 36.1 Å². The maximum Gasteiger partial charge on any atom is 0.416 e. The number of alkyl halides is 3. The van der Waals surface area contributed by atoms with Crippen molar-refractivity contribution in [2.45, 2.75) is 51.7 Å². The van der Waals surface area contributed by atoms with Crippen molar-refractivity contribution in [1.29, 1.82) is 5.26 Å². The van der Waals surface area contributed by atoms with Crippen LogP contribution in [-0.4, -0.2) is 47.8 Å². The van der Waals surface area contributed by atoms with E-state index in [1.54, 1.807) is 6.92 Å². The van der Waals surface area contributed by atoms with Crippen LogP contribution in [0.25, 0.3) is 0 Å². The molecule has 1 atom stereocenters. The molecule has 0 saturated heterocycles. The maximum atomic E-state index is 13.1. The quantitative estimate of drug-likeness (QED) is 0.276. The molecule has 1 aromatic carbocycles. The fourth-order valence-electron chi connectivity index (χ4n) is 3.20. The van der Waals surface area contributed by atoms with Gasteiger partial charge in [-0.15, -0.1) is 0 Å². The lowest BCUT2D eigenvalue weighted by molar-refractivity contribution is -0.137. The Bertz CT molecular complexity index is 1140. The van der Waals surface area contributed by atoms with Gasteiger partial charge < -0.3 is 31.2 Å². The molecule has 0 unspecified atom stereocenters. The number of amides is 2. The Morgan fingerprint density at radius 3 is 2.63 bits per heavy atom. The molecule has 14 heteroatoms. The van der Waals surface area contributed by atoms with E-state index in [9.17, 15) is 28.0 Å². The van der Waals surface area contributed by atoms with Gasteiger partial charge in [-0.1, -0.05) is 19.4 Å². The second kappa shape index (κ2) is 14.5. The molecule has 1 aromatic heterocycles. The van der Waals surface area contributed by atoms with Crippen molar-refractivity contribution in [3.63, 3.8) is 0 Å². The Balaban J connectivity index is 2.22. The van der Waals surface area contributed by atoms with Gasteiger partial charge in [0.05, 0.1) is 18.8 Å². The van der Waals surface area contributed by atoms with E-state index in [4.69, 9.17) is 15.2 Å². The molecule has 1 heterocycles. The average Bonchev–Trinajstić information content (AvgIpc) is 2.85. The van der Waals surface area contributed by atoms with Crippen LogP contribution in [0.4, 0.5) is 35.4 Å². The third-order valence-electron chi connectivity index (χ3n) is 5.04. The van der Waals surface area contributed by atoms with Crippen LogP contribution in [0.2, 0.25) is 0 Å². The maximum absolute atomic E-state index is 13.1. The number of halogens is 3. The summed E-state index contributed by atoms with van der Waals surface area (Å²) in [4.78, 5) is 32.8. The normalized spacial score (nSPS) is 11.7. The number of nitrogens with two attached hydrogens (primary N) is 1. The molecular formula is C24H30F3N7O4. The van der Waals surface area contributed by atoms with E-state index in [0.29, 0.717) is 0 Å². The van der Waals surface area contributed by atoms with Crippen molar-refractivity contribution in [1.82, 2.24) is 15.3 Å². The predicted octanol–water partition coefficient (Wildman–Crippen LogP) is 4.07. The van der Waals surface area contributed by atoms with Crippen LogP contribution < -0.4 is 26.4 Å². The van der Waals surface area contributed by atoms with Gasteiger partial charge in [0.25, 0.3) is 0 Å². The number of carbonyl (C=O) groups excluding carboxylic acids is 2. The number of nitrogens with one attached hydrogen (secondary N) is 3. The fraction of sp³-hybridized carbons (Fsp3) is 0.458. The minimum atomic E-state index is -4.59. The fourth-order valence-corrected chi connectivity index (χ4v) is 3.20. The number of nitriles is 1. The van der Waals surface area contributed by atoms with E-state index in [-0.39, 0.29) is 61.5 Å². The zero-order valence-corrected chi connectivity index (χ0v) is 21.0. The first kappa shape index (κ1) is 29.9. The summed E-state index contributed by atoms with van der Waals surface area (Å²) in [6.07, 6.45) is -3.23. The number of rotatable bonds is 13. The third kappa shape index (κ3) is 9.30. The summed E-state index contributed by atoms with van der Waals surface area (Å²) < 4.78 is 49.7. The van der Waals surface area contributed by atoms with Crippen molar-refractivity contribution in [2.24, 2.45) is 0 Å². The first-order chi connectivity index (χ1) is 18.1. The molecule has 0 bridgehead atoms. The molecule has 5 N–H and O–H groups in total. The van der Waals surface area contributed by atoms with Gasteiger partial charge in [-0.05, 0) is 44.4 Å². The summed E-state index contributed by atoms with van der Waals surface area (Å²) in [5.41, 5.74) is 4.62. The highest BCUT2D eigenvalue weighted by molar-refractivity contribution is 5.96. The number of nitrogens with zero attached hydrogens (tertiary/aromatic N) is 3. The highest BCUT2D eigenvalue weighted by Gasteiger charge is 2.31. The molecule has 0 saturated carbocycles. The molecule has 0 aliphatic rings. The summed E-state index contributed by atoms with van der Waals surface area (Å²) in [6, 6.07) is 4.99. The van der Waals surface area contributed by atoms with Crippen LogP contribution in [0.3, 0.4) is 0 Å². The topological polar surface area (TPSA) is 164 Å². The lowest BCUT2D eigenvalue weighted by Crippen LogP contribution is -2.36. The van der Waals surface area contributed by atoms with Crippen LogP contribution in [0.5, 0.6) is 5.88 Å². The first-order valence-corrected chi connectivity index (χ1v) is 11.9. The van der Waals surface area contributed by atoms with Crippen LogP contribution in [0.15, 0.2) is 24.3 Å². The number of benzene rings is 1. The van der Waals surface area contributed by atoms with Gasteiger partial charge >= 0.3 is 12.3 Å². The molecule has 0 aliphatic heterocycles. The standard InChI is InChI=1S/C24H30F3N7O4/c1-3-5-12-38-23(36)30-11-7-10-18(20(35)31-16-9-6-8-15(13-16)24(25,26)27)32-19-17(14-28)21(37-4-2)34-22(29)33-19/h6,8-9,13,18H,3-5,7,10-12H2,1-2H3,(H,30,36)(H,31,35)(H3,29,32,33,34)/t18-/m0/s1. The van der Waals surface area contributed by atoms with Gasteiger partial charge in [-0.3, -0.25) is 4.79 Å². The van der Waals surface area contributed by atoms with E-state index in [1.807, 2.05) is 13.0 Å². The minimum absolute atomic E-state index is 0.0769. The number of anilines is 3. The second-order valence-corrected chi connectivity index (χ2v) is 7.98. The number of nitrogen functional groups attached to an aromatic ring is 1. The summed E-state index contributed by atoms with van der Waals surface area (Å²) >= 11 is 0. The van der Waals surface area contributed by atoms with Crippen LogP contribution >= 0.6 is 0 Å². The molecule has 2 aromatic rings. The van der Waals surface area contributed by atoms with Crippen molar-refractivity contribution in [3.05, 3.63) is 35.4 Å². The highest BCUT2D eigenvalue weighted by Crippen LogP contribution is 2.31. The zero-order valence-electron chi connectivity index (χ0n) is 21.0. The lowest BCUT2D eigenvalue weighted by atomic mass is 10.1. The number of alkyl carbamates (subject to hydrolysis) is 1. The van der Waals surface area contributed by atoms with Gasteiger partial charge in [0.15, 0.2) is 11.4 Å². The Kier molecular flexibility index (Phi) is 11.4. The summed E-state index contributed by atoms with van der Waals surface area (Å²) in [5.74, 6) is -1.09. The zero-order chi connectivity index (χ0) is 28.1. The highest BCUT2D eigenvalue weighted by atomic mass is 19.4. The monoisotopic (exact) mass is 537 g/mol. The Hall–Kier alpha value is -4.28. The van der Waals surface area contributed by atoms with Gasteiger partial charge in [0, 0.05) is 12.2 Å². The SMILES string of the molecule is CCCCOC(=O)NCCC[C@H](Nc1nc(N)nc(OCC)c1C#N)C(=O)Nc1cccc(C(F)(F)F)c1. The van der Waals surface area contributed by atoms with Crippen molar-refractivity contribution < 1.29 is 32.2 Å². The molecule has 0 radical (unpaired) electrons. The van der Waals surface area contributed by atoms with Gasteiger partial charge in [-0.25, -0.2) is 4.79 Å². The van der Waals surface area contributed by atoms with Crippen LogP contribution in [0, 0.1) is 11.3 Å². The molecular weight excluding hydrogens is 507 g/mol. The van der Waals surface area contributed by atoms with Crippen molar-refractivity contribution >= 4 is 29.5 Å². The van der Waals surface area contributed by atoms with E-state index in [1.165, 1.54) is 12.1 Å². The van der Waals surface area contributed by atoms with E-state index < -0.39 is 29.8 Å². The average molecular weight is 538 g/mol. The number of unbranched alkanes of at least 4 members (excludes halogenated alkanes) is 1. The number of hydrogen-bond donors (Lipinski definition) is 4. The van der Waals surface area contributed by atoms with Crippen molar-refractivity contribution in [3.8, 4) is 11.9 Å². The van der Waals surface area contributed by atoms with E-state index >= 15 is 0 Å². The minimum Gasteiger partial charge on any atom is -0.477 e. The first-order valence-electron chi connectivity index (χ1n) is 11.9. The number of hydrogen-bond acceptors (Lipinski definition) is 9. The molecule has 2 rings (SSSR count). The largest absolute Gasteiger partial charge is 0.477 e. The van der Waals surface area contributed by atoms with Crippen LogP contribution in [-0.2, 0) is 15.7 Å². The lowest BCUT2D eigenvalue weighted by Gasteiger charge is -2.21. The second-order valence-electron chi connectivity index (χ2n) is 7.98. The summed E-state index contributed by atoms with van der Waals surface area (Å²) in [5, 5.41) is 17.5. The van der Waals surface area contributed by atoms with E-state index in [0.717, 1.165) is 25.0 Å². The van der Waals surface area contributed by atoms with Gasteiger partial charge in [0.2, 0.25) is 17.7 Å². The van der Waals surface area contributed by atoms with Crippen LogP contribution in [0.1, 0.15) is 50.7 Å². The summed E-state index contributed by atoms with van der Waals surface area (Å²) in [7, 11) is 0. The number of aromatic nitrogens is 2. The third-order valence-corrected chi connectivity index (χ3v) is 5.04. The molecule has 0 fully saturated rings. The van der Waals surface area contributed by atoms with Gasteiger partial charge in [0.1, 0.15) is 12.1 Å². The van der Waals surface area contributed by atoms with Gasteiger partial charge in [-0.2, -0.15) is 28.4 Å². The molecule has 11 nitrogen and oxygen atoms in total. The Morgan fingerprint density at radius 2 is 1.97 bits per heavy atom. The summed E-state index contributed by atoms with van der Waals surface area (Å²) in [6.45, 7) is 4.25. The molecule has 206 valence electrons. The molecule has 0 aliphatic carbocycles. The predicted molar refractivity (Wildman–Crippen MR) is 133 cm³/mol. The molecule has 2 amide bonds. The van der Waals surface area contributed by atoms with E-state index in [2.05, 4.69) is 25.9 Å². The Labute approximate surface area is 217 Å². The molecule has 0 spiro atoms. The molecule has 38 heavy (non-hydrogen) atoms. The Morgan fingerprint density at radius 1 is 1.21 bits per heavy atom. The number of ether oxygens (including phenoxy) is 2.